The van der Waals surface area contributed by atoms with Gasteiger partial charge in [-0.05, 0) is 12.8 Å². The maximum atomic E-state index is 10.2. The Labute approximate surface area is 88.7 Å². The van der Waals surface area contributed by atoms with E-state index in [-0.39, 0.29) is 12.8 Å². The zero-order valence-electron chi connectivity index (χ0n) is 8.69. The van der Waals surface area contributed by atoms with Crippen LogP contribution in [0.15, 0.2) is 0 Å². The molecular weight excluding hydrogens is 200 g/mol. The molecule has 5 nitrogen and oxygen atoms in total. The third-order valence-electron chi connectivity index (χ3n) is 2.09. The Bertz CT molecular complexity index is 202. The quantitative estimate of drug-likeness (QED) is 0.506. The Balaban J connectivity index is 3.23. The molecule has 0 rings (SSSR count). The van der Waals surface area contributed by atoms with Gasteiger partial charge in [-0.15, -0.1) is 0 Å². The zero-order valence-corrected chi connectivity index (χ0v) is 8.69. The molecule has 0 spiro atoms. The van der Waals surface area contributed by atoms with E-state index in [9.17, 15) is 14.7 Å². The minimum Gasteiger partial charge on any atom is -0.481 e. The topological polar surface area (TPSA) is 94.8 Å². The van der Waals surface area contributed by atoms with Crippen LogP contribution in [0.25, 0.3) is 0 Å². The molecule has 0 aliphatic heterocycles. The lowest BCUT2D eigenvalue weighted by molar-refractivity contribution is -0.139. The van der Waals surface area contributed by atoms with Gasteiger partial charge in [0.15, 0.2) is 0 Å². The van der Waals surface area contributed by atoms with Crippen molar-refractivity contribution in [2.45, 2.75) is 51.0 Å². The largest absolute Gasteiger partial charge is 0.481 e. The van der Waals surface area contributed by atoms with Crippen molar-refractivity contribution >= 4 is 11.9 Å². The number of carboxylic acids is 2. The van der Waals surface area contributed by atoms with Crippen LogP contribution in [0, 0.1) is 0 Å². The number of rotatable bonds is 9. The van der Waals surface area contributed by atoms with E-state index in [1.54, 1.807) is 0 Å². The van der Waals surface area contributed by atoms with Gasteiger partial charge in [-0.3, -0.25) is 9.59 Å². The van der Waals surface area contributed by atoms with Gasteiger partial charge < -0.3 is 15.3 Å². The first-order valence-electron chi connectivity index (χ1n) is 5.14. The second-order valence-electron chi connectivity index (χ2n) is 3.60. The van der Waals surface area contributed by atoms with Gasteiger partial charge in [0, 0.05) is 6.42 Å². The van der Waals surface area contributed by atoms with E-state index in [1.807, 2.05) is 0 Å². The molecule has 0 saturated carbocycles. The number of aliphatic hydroxyl groups is 1. The molecule has 0 aromatic heterocycles. The summed E-state index contributed by atoms with van der Waals surface area (Å²) in [5.41, 5.74) is 0. The molecule has 5 heteroatoms. The summed E-state index contributed by atoms with van der Waals surface area (Å²) in [5.74, 6) is -1.78. The summed E-state index contributed by atoms with van der Waals surface area (Å²) < 4.78 is 0. The van der Waals surface area contributed by atoms with E-state index in [1.165, 1.54) is 0 Å². The lowest BCUT2D eigenvalue weighted by atomic mass is 10.1. The molecule has 0 radical (unpaired) electrons. The maximum absolute atomic E-state index is 10.2. The molecule has 0 aromatic carbocycles. The van der Waals surface area contributed by atoms with E-state index in [0.717, 1.165) is 19.3 Å². The molecule has 3 N–H and O–H groups in total. The van der Waals surface area contributed by atoms with Crippen molar-refractivity contribution in [2.75, 3.05) is 0 Å². The summed E-state index contributed by atoms with van der Waals surface area (Å²) in [6.45, 7) is 0. The first kappa shape index (κ1) is 13.9. The van der Waals surface area contributed by atoms with Gasteiger partial charge in [0.05, 0.1) is 12.5 Å². The zero-order chi connectivity index (χ0) is 11.7. The molecule has 0 heterocycles. The van der Waals surface area contributed by atoms with Crippen LogP contribution in [-0.2, 0) is 9.59 Å². The van der Waals surface area contributed by atoms with Crippen molar-refractivity contribution in [3.63, 3.8) is 0 Å². The van der Waals surface area contributed by atoms with Gasteiger partial charge in [-0.25, -0.2) is 0 Å². The van der Waals surface area contributed by atoms with E-state index in [4.69, 9.17) is 10.2 Å². The van der Waals surface area contributed by atoms with Crippen molar-refractivity contribution in [3.05, 3.63) is 0 Å². The number of carbonyl (C=O) groups is 2. The highest BCUT2D eigenvalue weighted by atomic mass is 16.4. The number of hydrogen-bond donors (Lipinski definition) is 3. The standard InChI is InChI=1S/C10H18O5/c11-8(7-10(14)15)5-3-1-2-4-6-9(12)13/h8,11H,1-7H2,(H,12,13)(H,14,15)/t8-/m1/s1. The van der Waals surface area contributed by atoms with Crippen LogP contribution < -0.4 is 0 Å². The Hall–Kier alpha value is -1.10. The van der Waals surface area contributed by atoms with Crippen LogP contribution >= 0.6 is 0 Å². The molecule has 88 valence electrons. The summed E-state index contributed by atoms with van der Waals surface area (Å²) in [6, 6.07) is 0. The first-order chi connectivity index (χ1) is 7.02. The summed E-state index contributed by atoms with van der Waals surface area (Å²) in [6.07, 6.45) is 2.70. The highest BCUT2D eigenvalue weighted by Gasteiger charge is 2.08. The molecule has 0 bridgehead atoms. The fourth-order valence-electron chi connectivity index (χ4n) is 1.31. The molecular formula is C10H18O5. The predicted molar refractivity (Wildman–Crippen MR) is 53.6 cm³/mol. The van der Waals surface area contributed by atoms with E-state index < -0.39 is 18.0 Å². The molecule has 15 heavy (non-hydrogen) atoms. The first-order valence-corrected chi connectivity index (χ1v) is 5.14. The van der Waals surface area contributed by atoms with E-state index in [2.05, 4.69) is 0 Å². The summed E-state index contributed by atoms with van der Waals surface area (Å²) in [5, 5.41) is 25.9. The van der Waals surface area contributed by atoms with Crippen LogP contribution in [0.4, 0.5) is 0 Å². The Morgan fingerprint density at radius 3 is 2.07 bits per heavy atom. The molecule has 0 fully saturated rings. The van der Waals surface area contributed by atoms with Crippen LogP contribution in [0.3, 0.4) is 0 Å². The number of aliphatic hydroxyl groups excluding tert-OH is 1. The van der Waals surface area contributed by atoms with Crippen molar-refractivity contribution in [1.82, 2.24) is 0 Å². The summed E-state index contributed by atoms with van der Waals surface area (Å²) >= 11 is 0. The lowest BCUT2D eigenvalue weighted by Crippen LogP contribution is -2.12. The number of aliphatic carboxylic acids is 2. The lowest BCUT2D eigenvalue weighted by Gasteiger charge is -2.06. The Kier molecular flexibility index (Phi) is 7.62. The van der Waals surface area contributed by atoms with Crippen LogP contribution in [0.2, 0.25) is 0 Å². The summed E-state index contributed by atoms with van der Waals surface area (Å²) in [4.78, 5) is 20.4. The third-order valence-corrected chi connectivity index (χ3v) is 2.09. The van der Waals surface area contributed by atoms with Crippen molar-refractivity contribution in [1.29, 1.82) is 0 Å². The Morgan fingerprint density at radius 1 is 0.933 bits per heavy atom. The minimum atomic E-state index is -0.992. The highest BCUT2D eigenvalue weighted by molar-refractivity contribution is 5.67. The number of hydrogen-bond acceptors (Lipinski definition) is 3. The van der Waals surface area contributed by atoms with Gasteiger partial charge in [-0.2, -0.15) is 0 Å². The van der Waals surface area contributed by atoms with E-state index in [0.29, 0.717) is 12.8 Å². The maximum Gasteiger partial charge on any atom is 0.305 e. The third kappa shape index (κ3) is 10.8. The average Bonchev–Trinajstić information content (AvgIpc) is 2.09. The van der Waals surface area contributed by atoms with Gasteiger partial charge in [-0.1, -0.05) is 19.3 Å². The minimum absolute atomic E-state index is 0.178. The second kappa shape index (κ2) is 8.23. The van der Waals surface area contributed by atoms with Crippen LogP contribution in [-0.4, -0.2) is 33.4 Å². The van der Waals surface area contributed by atoms with Gasteiger partial charge in [0.2, 0.25) is 0 Å². The van der Waals surface area contributed by atoms with E-state index >= 15 is 0 Å². The average molecular weight is 218 g/mol. The smallest absolute Gasteiger partial charge is 0.305 e. The molecule has 0 unspecified atom stereocenters. The normalized spacial score (nSPS) is 12.3. The molecule has 0 amide bonds. The van der Waals surface area contributed by atoms with Crippen molar-refractivity contribution < 1.29 is 24.9 Å². The van der Waals surface area contributed by atoms with Crippen molar-refractivity contribution in [2.24, 2.45) is 0 Å². The monoisotopic (exact) mass is 218 g/mol. The van der Waals surface area contributed by atoms with Crippen LogP contribution in [0.1, 0.15) is 44.9 Å². The van der Waals surface area contributed by atoms with Gasteiger partial charge in [0.1, 0.15) is 0 Å². The summed E-state index contributed by atoms with van der Waals surface area (Å²) in [7, 11) is 0. The van der Waals surface area contributed by atoms with Gasteiger partial charge in [0.25, 0.3) is 0 Å². The second-order valence-corrected chi connectivity index (χ2v) is 3.60. The highest BCUT2D eigenvalue weighted by Crippen LogP contribution is 2.09. The fourth-order valence-corrected chi connectivity index (χ4v) is 1.31. The molecule has 0 aromatic rings. The SMILES string of the molecule is O=C(O)CCCCCC[C@@H](O)CC(=O)O. The number of carboxylic acid groups (broad SMARTS) is 2. The fraction of sp³-hybridized carbons (Fsp3) is 0.800. The predicted octanol–water partition coefficient (Wildman–Crippen LogP) is 1.25. The molecule has 0 aliphatic rings. The van der Waals surface area contributed by atoms with Crippen LogP contribution in [0.5, 0.6) is 0 Å². The van der Waals surface area contributed by atoms with Gasteiger partial charge >= 0.3 is 11.9 Å². The molecule has 0 aliphatic carbocycles. The molecule has 0 saturated heterocycles. The van der Waals surface area contributed by atoms with Crippen molar-refractivity contribution in [3.8, 4) is 0 Å². The molecule has 1 atom stereocenters. The Morgan fingerprint density at radius 2 is 1.53 bits per heavy atom. The number of unbranched alkanes of at least 4 members (excludes halogenated alkanes) is 3.